The molecule has 2 atom stereocenters. The molecule has 0 saturated carbocycles. The van der Waals surface area contributed by atoms with E-state index in [0.717, 1.165) is 0 Å². The summed E-state index contributed by atoms with van der Waals surface area (Å²) in [7, 11) is 1.29. The second-order valence-corrected chi connectivity index (χ2v) is 3.87. The van der Waals surface area contributed by atoms with Gasteiger partial charge in [0.1, 0.15) is 11.5 Å². The van der Waals surface area contributed by atoms with Crippen molar-refractivity contribution < 1.29 is 19.1 Å². The summed E-state index contributed by atoms with van der Waals surface area (Å²) in [5.74, 6) is -1.39. The van der Waals surface area contributed by atoms with Crippen molar-refractivity contribution in [1.29, 1.82) is 0 Å². The van der Waals surface area contributed by atoms with Crippen molar-refractivity contribution in [1.82, 2.24) is 0 Å². The third-order valence-corrected chi connectivity index (χ3v) is 2.87. The normalized spacial score (nSPS) is 16.3. The predicted molar refractivity (Wildman–Crippen MR) is 61.1 cm³/mol. The van der Waals surface area contributed by atoms with Gasteiger partial charge in [-0.05, 0) is 26.7 Å². The fraction of sp³-hybridized carbons (Fsp3) is 0.833. The molecule has 0 aliphatic carbocycles. The van der Waals surface area contributed by atoms with E-state index < -0.39 is 17.5 Å². The zero-order valence-corrected chi connectivity index (χ0v) is 10.8. The zero-order chi connectivity index (χ0) is 12.8. The topological polar surface area (TPSA) is 52.6 Å². The van der Waals surface area contributed by atoms with Gasteiger partial charge in [-0.2, -0.15) is 0 Å². The Bertz CT molecular complexity index is 249. The first-order chi connectivity index (χ1) is 7.46. The molecule has 0 aliphatic rings. The van der Waals surface area contributed by atoms with Crippen LogP contribution in [0.3, 0.4) is 0 Å². The maximum Gasteiger partial charge on any atom is 0.316 e. The molecule has 0 bridgehead atoms. The highest BCUT2D eigenvalue weighted by Crippen LogP contribution is 2.23. The van der Waals surface area contributed by atoms with E-state index in [2.05, 4.69) is 4.74 Å². The second-order valence-electron chi connectivity index (χ2n) is 3.87. The largest absolute Gasteiger partial charge is 0.468 e. The van der Waals surface area contributed by atoms with Crippen LogP contribution >= 0.6 is 0 Å². The van der Waals surface area contributed by atoms with Gasteiger partial charge in [-0.1, -0.05) is 13.8 Å². The van der Waals surface area contributed by atoms with E-state index in [1.807, 2.05) is 13.8 Å². The Hall–Kier alpha value is -0.900. The Morgan fingerprint density at radius 3 is 2.12 bits per heavy atom. The molecule has 0 spiro atoms. The summed E-state index contributed by atoms with van der Waals surface area (Å²) in [6, 6.07) is 0. The molecular weight excluding hydrogens is 208 g/mol. The monoisotopic (exact) mass is 230 g/mol. The van der Waals surface area contributed by atoms with Crippen LogP contribution in [0.15, 0.2) is 0 Å². The van der Waals surface area contributed by atoms with Gasteiger partial charge in [0.05, 0.1) is 7.11 Å². The molecule has 94 valence electrons. The van der Waals surface area contributed by atoms with Gasteiger partial charge >= 0.3 is 5.97 Å². The molecule has 4 nitrogen and oxygen atoms in total. The molecule has 0 fully saturated rings. The van der Waals surface area contributed by atoms with E-state index in [-0.39, 0.29) is 5.78 Å². The summed E-state index contributed by atoms with van der Waals surface area (Å²) >= 11 is 0. The number of carbonyl (C=O) groups excluding carboxylic acids is 2. The molecule has 0 aromatic heterocycles. The molecule has 0 aromatic carbocycles. The highest BCUT2D eigenvalue weighted by molar-refractivity contribution is 6.03. The van der Waals surface area contributed by atoms with Crippen molar-refractivity contribution in [2.24, 2.45) is 5.92 Å². The first kappa shape index (κ1) is 15.1. The van der Waals surface area contributed by atoms with Crippen molar-refractivity contribution in [3.8, 4) is 0 Å². The molecule has 16 heavy (non-hydrogen) atoms. The highest BCUT2D eigenvalue weighted by atomic mass is 16.5. The lowest BCUT2D eigenvalue weighted by atomic mass is 9.86. The van der Waals surface area contributed by atoms with E-state index in [4.69, 9.17) is 4.74 Å². The highest BCUT2D eigenvalue weighted by Gasteiger charge is 2.40. The fourth-order valence-electron chi connectivity index (χ4n) is 1.64. The maximum absolute atomic E-state index is 12.2. The van der Waals surface area contributed by atoms with Crippen LogP contribution < -0.4 is 0 Å². The van der Waals surface area contributed by atoms with Gasteiger partial charge in [0.15, 0.2) is 5.78 Å². The zero-order valence-electron chi connectivity index (χ0n) is 10.8. The number of ether oxygens (including phenoxy) is 2. The molecule has 0 amide bonds. The summed E-state index contributed by atoms with van der Waals surface area (Å²) in [5.41, 5.74) is -0.885. The molecule has 0 heterocycles. The molecule has 0 N–H and O–H groups in total. The lowest BCUT2D eigenvalue weighted by Gasteiger charge is -2.29. The van der Waals surface area contributed by atoms with Crippen LogP contribution in [0, 0.1) is 5.92 Å². The summed E-state index contributed by atoms with van der Waals surface area (Å²) < 4.78 is 10.1. The Labute approximate surface area is 97.3 Å². The lowest BCUT2D eigenvalue weighted by Crippen LogP contribution is -2.44. The molecule has 0 aromatic rings. The third kappa shape index (κ3) is 3.30. The molecule has 0 aliphatic heterocycles. The van der Waals surface area contributed by atoms with E-state index in [1.165, 1.54) is 7.11 Å². The minimum Gasteiger partial charge on any atom is -0.468 e. The third-order valence-electron chi connectivity index (χ3n) is 2.87. The predicted octanol–water partition coefficient (Wildman–Crippen LogP) is 1.96. The van der Waals surface area contributed by atoms with Crippen LogP contribution in [0.5, 0.6) is 0 Å². The molecule has 2 unspecified atom stereocenters. The van der Waals surface area contributed by atoms with Crippen LogP contribution in [-0.2, 0) is 19.1 Å². The van der Waals surface area contributed by atoms with E-state index in [0.29, 0.717) is 19.4 Å². The Morgan fingerprint density at radius 2 is 1.81 bits per heavy atom. The summed E-state index contributed by atoms with van der Waals surface area (Å²) in [4.78, 5) is 23.6. The minimum absolute atomic E-state index is 0.189. The minimum atomic E-state index is -0.885. The smallest absolute Gasteiger partial charge is 0.316 e. The van der Waals surface area contributed by atoms with Gasteiger partial charge in [0.2, 0.25) is 0 Å². The Balaban J connectivity index is 4.90. The number of methoxy groups -OCH3 is 1. The Morgan fingerprint density at radius 1 is 1.25 bits per heavy atom. The number of hydrogen-bond acceptors (Lipinski definition) is 4. The van der Waals surface area contributed by atoms with Gasteiger partial charge in [0, 0.05) is 6.61 Å². The number of carbonyl (C=O) groups is 2. The summed E-state index contributed by atoms with van der Waals surface area (Å²) in [6.45, 7) is 7.68. The van der Waals surface area contributed by atoms with Gasteiger partial charge in [-0.3, -0.25) is 9.59 Å². The summed E-state index contributed by atoms with van der Waals surface area (Å²) in [6.07, 6.45) is 0.987. The van der Waals surface area contributed by atoms with Gasteiger partial charge < -0.3 is 9.47 Å². The molecule has 0 saturated heterocycles. The number of rotatable bonds is 7. The lowest BCUT2D eigenvalue weighted by molar-refractivity contribution is -0.159. The quantitative estimate of drug-likeness (QED) is 0.495. The van der Waals surface area contributed by atoms with Crippen molar-refractivity contribution in [2.75, 3.05) is 13.7 Å². The van der Waals surface area contributed by atoms with Crippen LogP contribution in [0.2, 0.25) is 0 Å². The van der Waals surface area contributed by atoms with Gasteiger partial charge in [0.25, 0.3) is 0 Å². The van der Waals surface area contributed by atoms with Crippen molar-refractivity contribution in [3.05, 3.63) is 0 Å². The second kappa shape index (κ2) is 6.63. The van der Waals surface area contributed by atoms with Gasteiger partial charge in [-0.15, -0.1) is 0 Å². The van der Waals surface area contributed by atoms with Crippen LogP contribution in [0.1, 0.15) is 40.5 Å². The van der Waals surface area contributed by atoms with Crippen LogP contribution in [0.25, 0.3) is 0 Å². The summed E-state index contributed by atoms with van der Waals surface area (Å²) in [5, 5.41) is 0. The van der Waals surface area contributed by atoms with Crippen molar-refractivity contribution in [2.45, 2.75) is 46.1 Å². The number of esters is 1. The first-order valence-electron chi connectivity index (χ1n) is 5.72. The first-order valence-corrected chi connectivity index (χ1v) is 5.72. The van der Waals surface area contributed by atoms with Crippen molar-refractivity contribution in [3.63, 3.8) is 0 Å². The maximum atomic E-state index is 12.2. The van der Waals surface area contributed by atoms with Gasteiger partial charge in [-0.25, -0.2) is 0 Å². The molecule has 4 heteroatoms. The van der Waals surface area contributed by atoms with E-state index >= 15 is 0 Å². The Kier molecular flexibility index (Phi) is 6.26. The number of ketones is 1. The van der Waals surface area contributed by atoms with E-state index in [1.54, 1.807) is 13.8 Å². The fourth-order valence-corrected chi connectivity index (χ4v) is 1.64. The molecule has 0 radical (unpaired) electrons. The molecular formula is C12H22O4. The van der Waals surface area contributed by atoms with Crippen LogP contribution in [0.4, 0.5) is 0 Å². The average molecular weight is 230 g/mol. The standard InChI is InChI=1S/C12H22O4/c1-6-9(11(14)15-5)10(13)12(4,7-2)16-8-3/h9H,6-8H2,1-5H3. The van der Waals surface area contributed by atoms with E-state index in [9.17, 15) is 9.59 Å². The molecule has 0 rings (SSSR count). The average Bonchev–Trinajstić information content (AvgIpc) is 2.29. The van der Waals surface area contributed by atoms with Crippen LogP contribution in [-0.4, -0.2) is 31.1 Å². The SMILES string of the molecule is CCOC(C)(CC)C(=O)C(CC)C(=O)OC. The number of Topliss-reactive ketones (excluding diaryl/α,β-unsaturated/α-hetero) is 1. The van der Waals surface area contributed by atoms with Crippen molar-refractivity contribution >= 4 is 11.8 Å². The number of hydrogen-bond donors (Lipinski definition) is 0.